The van der Waals surface area contributed by atoms with Crippen LogP contribution in [0.15, 0.2) is 42.5 Å². The number of benzene rings is 2. The number of ether oxygens (including phenoxy) is 1. The van der Waals surface area contributed by atoms with E-state index in [1.807, 2.05) is 0 Å². The van der Waals surface area contributed by atoms with Gasteiger partial charge in [-0.1, -0.05) is 12.1 Å². The van der Waals surface area contributed by atoms with Crippen molar-refractivity contribution in [2.24, 2.45) is 5.73 Å². The molecule has 0 aliphatic heterocycles. The van der Waals surface area contributed by atoms with Crippen molar-refractivity contribution in [1.29, 1.82) is 0 Å². The molecule has 4 nitrogen and oxygen atoms in total. The summed E-state index contributed by atoms with van der Waals surface area (Å²) in [7, 11) is 0. The van der Waals surface area contributed by atoms with Crippen molar-refractivity contribution < 1.29 is 18.3 Å². The van der Waals surface area contributed by atoms with Crippen LogP contribution < -0.4 is 15.8 Å². The lowest BCUT2D eigenvalue weighted by molar-refractivity contribution is 0.0996. The maximum atomic E-state index is 13.5. The molecule has 0 spiro atoms. The summed E-state index contributed by atoms with van der Waals surface area (Å²) >= 11 is 0. The standard InChI is InChI=1S/C15H14F2N2O2/c16-12-3-1-2-4-14(12)21-8-7-19-10-5-6-11(15(18)20)13(17)9-10/h1-6,9,19H,7-8H2,(H2,18,20). The first-order valence-electron chi connectivity index (χ1n) is 6.28. The molecule has 1 amide bonds. The van der Waals surface area contributed by atoms with Gasteiger partial charge in [0.05, 0.1) is 5.56 Å². The summed E-state index contributed by atoms with van der Waals surface area (Å²) in [6.45, 7) is 0.559. The molecule has 0 heterocycles. The first-order chi connectivity index (χ1) is 10.1. The summed E-state index contributed by atoms with van der Waals surface area (Å²) in [6, 6.07) is 10.1. The second-order valence-corrected chi connectivity index (χ2v) is 4.26. The number of hydrogen-bond donors (Lipinski definition) is 2. The van der Waals surface area contributed by atoms with Crippen LogP contribution in [0.1, 0.15) is 10.4 Å². The smallest absolute Gasteiger partial charge is 0.251 e. The van der Waals surface area contributed by atoms with Crippen LogP contribution in [0.2, 0.25) is 0 Å². The van der Waals surface area contributed by atoms with Gasteiger partial charge in [0.15, 0.2) is 11.6 Å². The number of carbonyl (C=O) groups excluding carboxylic acids is 1. The minimum atomic E-state index is -0.818. The molecule has 0 aromatic heterocycles. The van der Waals surface area contributed by atoms with Gasteiger partial charge in [-0.25, -0.2) is 8.78 Å². The van der Waals surface area contributed by atoms with E-state index in [2.05, 4.69) is 5.32 Å². The molecule has 0 aliphatic carbocycles. The van der Waals surface area contributed by atoms with E-state index in [4.69, 9.17) is 10.5 Å². The van der Waals surface area contributed by atoms with Crippen LogP contribution >= 0.6 is 0 Å². The van der Waals surface area contributed by atoms with Gasteiger partial charge in [-0.2, -0.15) is 0 Å². The Balaban J connectivity index is 1.85. The fraction of sp³-hybridized carbons (Fsp3) is 0.133. The molecule has 21 heavy (non-hydrogen) atoms. The Morgan fingerprint density at radius 2 is 1.90 bits per heavy atom. The summed E-state index contributed by atoms with van der Waals surface area (Å²) in [6.07, 6.45) is 0. The van der Waals surface area contributed by atoms with Crippen LogP contribution in [-0.2, 0) is 0 Å². The lowest BCUT2D eigenvalue weighted by Gasteiger charge is -2.09. The lowest BCUT2D eigenvalue weighted by Crippen LogP contribution is -2.15. The first kappa shape index (κ1) is 14.8. The molecular formula is C15H14F2N2O2. The Hall–Kier alpha value is -2.63. The monoisotopic (exact) mass is 292 g/mol. The number of nitrogens with two attached hydrogens (primary N) is 1. The summed E-state index contributed by atoms with van der Waals surface area (Å²) in [4.78, 5) is 10.9. The van der Waals surface area contributed by atoms with E-state index in [0.29, 0.717) is 12.2 Å². The molecule has 0 radical (unpaired) electrons. The van der Waals surface area contributed by atoms with E-state index >= 15 is 0 Å². The highest BCUT2D eigenvalue weighted by atomic mass is 19.1. The fourth-order valence-corrected chi connectivity index (χ4v) is 1.74. The molecule has 0 fully saturated rings. The predicted octanol–water partition coefficient (Wildman–Crippen LogP) is 2.55. The Bertz CT molecular complexity index is 647. The molecule has 2 rings (SSSR count). The Morgan fingerprint density at radius 1 is 1.14 bits per heavy atom. The van der Waals surface area contributed by atoms with Crippen molar-refractivity contribution in [2.45, 2.75) is 0 Å². The number of carbonyl (C=O) groups is 1. The van der Waals surface area contributed by atoms with Crippen LogP contribution in [0.3, 0.4) is 0 Å². The number of halogens is 2. The normalized spacial score (nSPS) is 10.2. The van der Waals surface area contributed by atoms with Crippen LogP contribution in [0.25, 0.3) is 0 Å². The SMILES string of the molecule is NC(=O)c1ccc(NCCOc2ccccc2F)cc1F. The second kappa shape index (κ2) is 6.69. The number of amides is 1. The van der Waals surface area contributed by atoms with Crippen molar-refractivity contribution >= 4 is 11.6 Å². The summed E-state index contributed by atoms with van der Waals surface area (Å²) in [5.41, 5.74) is 5.33. The van der Waals surface area contributed by atoms with E-state index in [1.165, 1.54) is 30.3 Å². The highest BCUT2D eigenvalue weighted by molar-refractivity contribution is 5.93. The largest absolute Gasteiger partial charge is 0.489 e. The summed E-state index contributed by atoms with van der Waals surface area (Å²) < 4.78 is 32.0. The number of anilines is 1. The van der Waals surface area contributed by atoms with Gasteiger partial charge < -0.3 is 15.8 Å². The van der Waals surface area contributed by atoms with Gasteiger partial charge in [0.2, 0.25) is 0 Å². The number of nitrogens with one attached hydrogen (secondary N) is 1. The van der Waals surface area contributed by atoms with Gasteiger partial charge in [0.1, 0.15) is 12.4 Å². The molecule has 0 bridgehead atoms. The van der Waals surface area contributed by atoms with Gasteiger partial charge in [0, 0.05) is 12.2 Å². The minimum absolute atomic E-state index is 0.162. The van der Waals surface area contributed by atoms with E-state index < -0.39 is 17.5 Å². The van der Waals surface area contributed by atoms with Crippen LogP contribution in [0.4, 0.5) is 14.5 Å². The zero-order chi connectivity index (χ0) is 15.2. The summed E-state index contributed by atoms with van der Waals surface area (Å²) in [5.74, 6) is -1.78. The highest BCUT2D eigenvalue weighted by Gasteiger charge is 2.08. The Morgan fingerprint density at radius 3 is 2.57 bits per heavy atom. The van der Waals surface area contributed by atoms with Gasteiger partial charge in [-0.05, 0) is 30.3 Å². The average Bonchev–Trinajstić information content (AvgIpc) is 2.45. The zero-order valence-corrected chi connectivity index (χ0v) is 11.1. The highest BCUT2D eigenvalue weighted by Crippen LogP contribution is 2.16. The third-order valence-electron chi connectivity index (χ3n) is 2.76. The van der Waals surface area contributed by atoms with Crippen molar-refractivity contribution in [3.05, 3.63) is 59.7 Å². The average molecular weight is 292 g/mol. The van der Waals surface area contributed by atoms with E-state index in [1.54, 1.807) is 12.1 Å². The maximum Gasteiger partial charge on any atom is 0.251 e. The number of rotatable bonds is 6. The van der Waals surface area contributed by atoms with E-state index in [9.17, 15) is 13.6 Å². The quantitative estimate of drug-likeness (QED) is 0.804. The molecule has 110 valence electrons. The molecule has 6 heteroatoms. The molecule has 2 aromatic carbocycles. The zero-order valence-electron chi connectivity index (χ0n) is 11.1. The van der Waals surface area contributed by atoms with E-state index in [-0.39, 0.29) is 17.9 Å². The van der Waals surface area contributed by atoms with Gasteiger partial charge in [0.25, 0.3) is 5.91 Å². The van der Waals surface area contributed by atoms with Crippen molar-refractivity contribution in [2.75, 3.05) is 18.5 Å². The minimum Gasteiger partial charge on any atom is -0.489 e. The molecule has 3 N–H and O–H groups in total. The summed E-state index contributed by atoms with van der Waals surface area (Å²) in [5, 5.41) is 2.90. The van der Waals surface area contributed by atoms with Gasteiger partial charge >= 0.3 is 0 Å². The second-order valence-electron chi connectivity index (χ2n) is 4.26. The molecule has 0 saturated carbocycles. The number of primary amides is 1. The molecular weight excluding hydrogens is 278 g/mol. The van der Waals surface area contributed by atoms with Gasteiger partial charge in [-0.15, -0.1) is 0 Å². The number of hydrogen-bond acceptors (Lipinski definition) is 3. The van der Waals surface area contributed by atoms with E-state index in [0.717, 1.165) is 0 Å². The van der Waals surface area contributed by atoms with Gasteiger partial charge in [-0.3, -0.25) is 4.79 Å². The van der Waals surface area contributed by atoms with Crippen molar-refractivity contribution in [3.8, 4) is 5.75 Å². The first-order valence-corrected chi connectivity index (χ1v) is 6.28. The molecule has 0 unspecified atom stereocenters. The fourth-order valence-electron chi connectivity index (χ4n) is 1.74. The molecule has 0 atom stereocenters. The molecule has 0 saturated heterocycles. The number of para-hydroxylation sites is 1. The van der Waals surface area contributed by atoms with Crippen LogP contribution in [0, 0.1) is 11.6 Å². The molecule has 0 aliphatic rings. The van der Waals surface area contributed by atoms with Crippen LogP contribution in [-0.4, -0.2) is 19.1 Å². The van der Waals surface area contributed by atoms with Crippen molar-refractivity contribution in [1.82, 2.24) is 0 Å². The van der Waals surface area contributed by atoms with Crippen LogP contribution in [0.5, 0.6) is 5.75 Å². The third-order valence-corrected chi connectivity index (χ3v) is 2.76. The Kier molecular flexibility index (Phi) is 4.71. The Labute approximate surface area is 120 Å². The lowest BCUT2D eigenvalue weighted by atomic mass is 10.2. The maximum absolute atomic E-state index is 13.5. The van der Waals surface area contributed by atoms with Crippen molar-refractivity contribution in [3.63, 3.8) is 0 Å². The third kappa shape index (κ3) is 3.92. The molecule has 2 aromatic rings. The topological polar surface area (TPSA) is 64.4 Å². The predicted molar refractivity (Wildman–Crippen MR) is 75.3 cm³/mol.